The Bertz CT molecular complexity index is 625. The largest absolute Gasteiger partial charge is 0.349 e. The van der Waals surface area contributed by atoms with E-state index in [4.69, 9.17) is 0 Å². The number of aromatic nitrogens is 1. The molecule has 1 aromatic heterocycles. The fourth-order valence-electron chi connectivity index (χ4n) is 1.21. The highest BCUT2D eigenvalue weighted by atomic mass is 32.3. The molecule has 0 radical (unpaired) electrons. The van der Waals surface area contributed by atoms with Gasteiger partial charge >= 0.3 is 10.2 Å². The molecular weight excluding hydrogens is 224 g/mol. The first-order valence-corrected chi connectivity index (χ1v) is 5.36. The van der Waals surface area contributed by atoms with Crippen molar-refractivity contribution in [3.8, 4) is 0 Å². The minimum absolute atomic E-state index is 0.232. The molecule has 15 heavy (non-hydrogen) atoms. The quantitative estimate of drug-likeness (QED) is 0.703. The van der Waals surface area contributed by atoms with Crippen LogP contribution in [-0.4, -0.2) is 13.4 Å². The number of halogens is 2. The predicted octanol–water partition coefficient (Wildman–Crippen LogP) is 2.03. The Hall–Kier alpha value is -1.56. The minimum atomic E-state index is -4.81. The van der Waals surface area contributed by atoms with Crippen molar-refractivity contribution in [2.24, 2.45) is 0 Å². The molecule has 0 amide bonds. The lowest BCUT2D eigenvalue weighted by molar-refractivity contribution is 0.548. The van der Waals surface area contributed by atoms with Crippen molar-refractivity contribution in [2.45, 2.75) is 5.03 Å². The van der Waals surface area contributed by atoms with Gasteiger partial charge in [0, 0.05) is 5.39 Å². The van der Waals surface area contributed by atoms with Gasteiger partial charge in [-0.05, 0) is 30.3 Å². The second-order valence-electron chi connectivity index (χ2n) is 2.92. The molecular formula is C9H5F2NO2S. The molecule has 0 fully saturated rings. The van der Waals surface area contributed by atoms with E-state index in [9.17, 15) is 16.7 Å². The maximum atomic E-state index is 12.8. The Morgan fingerprint density at radius 2 is 1.87 bits per heavy atom. The van der Waals surface area contributed by atoms with Crippen LogP contribution in [0.5, 0.6) is 0 Å². The highest BCUT2D eigenvalue weighted by molar-refractivity contribution is 7.86. The summed E-state index contributed by atoms with van der Waals surface area (Å²) in [5.41, 5.74) is 0.232. The van der Waals surface area contributed by atoms with E-state index in [0.29, 0.717) is 5.39 Å². The lowest BCUT2D eigenvalue weighted by Gasteiger charge is -1.98. The fraction of sp³-hybridized carbons (Fsp3) is 0. The maximum absolute atomic E-state index is 12.8. The van der Waals surface area contributed by atoms with Gasteiger partial charge in [-0.15, -0.1) is 0 Å². The molecule has 0 N–H and O–H groups in total. The van der Waals surface area contributed by atoms with Gasteiger partial charge in [0.25, 0.3) is 0 Å². The lowest BCUT2D eigenvalue weighted by atomic mass is 10.2. The van der Waals surface area contributed by atoms with Gasteiger partial charge in [-0.3, -0.25) is 0 Å². The second-order valence-corrected chi connectivity index (χ2v) is 4.22. The second kappa shape index (κ2) is 3.23. The first-order chi connectivity index (χ1) is 6.97. The molecule has 0 spiro atoms. The SMILES string of the molecule is O=S(=O)(F)c1ccc2cc(F)ccc2n1. The van der Waals surface area contributed by atoms with E-state index >= 15 is 0 Å². The molecule has 0 saturated carbocycles. The van der Waals surface area contributed by atoms with Gasteiger partial charge in [-0.2, -0.15) is 8.42 Å². The van der Waals surface area contributed by atoms with Crippen molar-refractivity contribution in [3.05, 3.63) is 36.1 Å². The topological polar surface area (TPSA) is 47.0 Å². The predicted molar refractivity (Wildman–Crippen MR) is 50.0 cm³/mol. The monoisotopic (exact) mass is 229 g/mol. The number of fused-ring (bicyclic) bond motifs is 1. The number of benzene rings is 1. The molecule has 0 atom stereocenters. The lowest BCUT2D eigenvalue weighted by Crippen LogP contribution is -1.96. The number of hydrogen-bond donors (Lipinski definition) is 0. The van der Waals surface area contributed by atoms with Crippen molar-refractivity contribution in [1.29, 1.82) is 0 Å². The summed E-state index contributed by atoms with van der Waals surface area (Å²) >= 11 is 0. The summed E-state index contributed by atoms with van der Waals surface area (Å²) in [5.74, 6) is -0.458. The van der Waals surface area contributed by atoms with E-state index in [1.54, 1.807) is 0 Å². The summed E-state index contributed by atoms with van der Waals surface area (Å²) in [5, 5.41) is -0.246. The first-order valence-electron chi connectivity index (χ1n) is 3.98. The molecule has 0 aliphatic rings. The normalized spacial score (nSPS) is 11.9. The Kier molecular flexibility index (Phi) is 2.15. The van der Waals surface area contributed by atoms with Crippen molar-refractivity contribution in [2.75, 3.05) is 0 Å². The Morgan fingerprint density at radius 1 is 1.13 bits per heavy atom. The van der Waals surface area contributed by atoms with E-state index in [1.807, 2.05) is 0 Å². The molecule has 1 heterocycles. The van der Waals surface area contributed by atoms with E-state index in [0.717, 1.165) is 12.1 Å². The molecule has 78 valence electrons. The van der Waals surface area contributed by atoms with Crippen LogP contribution in [0.25, 0.3) is 10.9 Å². The molecule has 0 bridgehead atoms. The van der Waals surface area contributed by atoms with Gasteiger partial charge in [0.1, 0.15) is 5.82 Å². The Labute approximate surface area is 84.6 Å². The molecule has 0 aliphatic heterocycles. The van der Waals surface area contributed by atoms with Gasteiger partial charge in [0.2, 0.25) is 0 Å². The van der Waals surface area contributed by atoms with E-state index in [2.05, 4.69) is 4.98 Å². The third-order valence-electron chi connectivity index (χ3n) is 1.88. The number of rotatable bonds is 1. The van der Waals surface area contributed by atoms with Gasteiger partial charge in [0.15, 0.2) is 5.03 Å². The molecule has 2 aromatic rings. The van der Waals surface area contributed by atoms with Crippen LogP contribution in [0.15, 0.2) is 35.4 Å². The molecule has 0 aliphatic carbocycles. The maximum Gasteiger partial charge on any atom is 0.349 e. The van der Waals surface area contributed by atoms with Crippen LogP contribution in [-0.2, 0) is 10.2 Å². The van der Waals surface area contributed by atoms with Crippen LogP contribution in [0.1, 0.15) is 0 Å². The summed E-state index contributed by atoms with van der Waals surface area (Å²) in [6.45, 7) is 0. The summed E-state index contributed by atoms with van der Waals surface area (Å²) in [6.07, 6.45) is 0. The van der Waals surface area contributed by atoms with Crippen LogP contribution in [0.2, 0.25) is 0 Å². The Morgan fingerprint density at radius 3 is 2.53 bits per heavy atom. The minimum Gasteiger partial charge on any atom is -0.234 e. The first kappa shape index (κ1) is 9.97. The molecule has 0 saturated heterocycles. The van der Waals surface area contributed by atoms with Crippen LogP contribution < -0.4 is 0 Å². The van der Waals surface area contributed by atoms with Gasteiger partial charge in [-0.1, -0.05) is 3.89 Å². The average Bonchev–Trinajstić information content (AvgIpc) is 2.15. The smallest absolute Gasteiger partial charge is 0.234 e. The van der Waals surface area contributed by atoms with Crippen LogP contribution >= 0.6 is 0 Å². The van der Waals surface area contributed by atoms with Crippen LogP contribution in [0.4, 0.5) is 8.28 Å². The van der Waals surface area contributed by atoms with E-state index < -0.39 is 21.1 Å². The highest BCUT2D eigenvalue weighted by Crippen LogP contribution is 2.17. The molecule has 0 unspecified atom stereocenters. The van der Waals surface area contributed by atoms with Gasteiger partial charge < -0.3 is 0 Å². The molecule has 6 heteroatoms. The van der Waals surface area contributed by atoms with Crippen molar-refractivity contribution >= 4 is 21.1 Å². The number of hydrogen-bond acceptors (Lipinski definition) is 3. The van der Waals surface area contributed by atoms with Crippen LogP contribution in [0.3, 0.4) is 0 Å². The van der Waals surface area contributed by atoms with Crippen LogP contribution in [0, 0.1) is 5.82 Å². The fourth-order valence-corrected chi connectivity index (χ4v) is 1.65. The van der Waals surface area contributed by atoms with Gasteiger partial charge in [0.05, 0.1) is 5.52 Å². The number of pyridine rings is 1. The van der Waals surface area contributed by atoms with Crippen molar-refractivity contribution in [3.63, 3.8) is 0 Å². The Balaban J connectivity index is 2.73. The van der Waals surface area contributed by atoms with Crippen molar-refractivity contribution < 1.29 is 16.7 Å². The molecule has 3 nitrogen and oxygen atoms in total. The standard InChI is InChI=1S/C9H5F2NO2S/c10-7-2-3-8-6(5-7)1-4-9(12-8)15(11,13)14/h1-5H. The zero-order valence-electron chi connectivity index (χ0n) is 7.31. The summed E-state index contributed by atoms with van der Waals surface area (Å²) < 4.78 is 46.4. The zero-order chi connectivity index (χ0) is 11.1. The van der Waals surface area contributed by atoms with E-state index in [1.165, 1.54) is 18.2 Å². The number of nitrogens with zero attached hydrogens (tertiary/aromatic N) is 1. The van der Waals surface area contributed by atoms with Gasteiger partial charge in [-0.25, -0.2) is 9.37 Å². The summed E-state index contributed by atoms with van der Waals surface area (Å²) in [7, 11) is -4.81. The molecule has 1 aromatic carbocycles. The summed E-state index contributed by atoms with van der Waals surface area (Å²) in [4.78, 5) is 3.56. The summed E-state index contributed by atoms with van der Waals surface area (Å²) in [6, 6.07) is 5.91. The average molecular weight is 229 g/mol. The van der Waals surface area contributed by atoms with E-state index in [-0.39, 0.29) is 5.52 Å². The zero-order valence-corrected chi connectivity index (χ0v) is 8.13. The highest BCUT2D eigenvalue weighted by Gasteiger charge is 2.13. The third kappa shape index (κ3) is 1.94. The molecule has 2 rings (SSSR count). The third-order valence-corrected chi connectivity index (χ3v) is 2.60. The van der Waals surface area contributed by atoms with Crippen molar-refractivity contribution in [1.82, 2.24) is 4.98 Å².